The van der Waals surface area contributed by atoms with E-state index in [4.69, 9.17) is 12.2 Å². The van der Waals surface area contributed by atoms with E-state index in [-0.39, 0.29) is 5.91 Å². The summed E-state index contributed by atoms with van der Waals surface area (Å²) in [5.41, 5.74) is 1.35. The third-order valence-electron chi connectivity index (χ3n) is 4.35. The molecule has 1 saturated heterocycles. The lowest BCUT2D eigenvalue weighted by Crippen LogP contribution is -2.48. The fourth-order valence-electron chi connectivity index (χ4n) is 3.00. The normalized spacial score (nSPS) is 15.8. The molecule has 136 valence electrons. The molecular weight excluding hydrogens is 362 g/mol. The maximum atomic E-state index is 11.9. The van der Waals surface area contributed by atoms with E-state index in [0.717, 1.165) is 37.4 Å². The van der Waals surface area contributed by atoms with Crippen molar-refractivity contribution in [3.63, 3.8) is 0 Å². The van der Waals surface area contributed by atoms with Crippen LogP contribution in [0.1, 0.15) is 23.3 Å². The van der Waals surface area contributed by atoms with Crippen LogP contribution in [0.25, 0.3) is 6.08 Å². The topological polar surface area (TPSA) is 44.4 Å². The Hall–Kier alpha value is -2.02. The first-order chi connectivity index (χ1) is 12.7. The number of thiocarbonyl (C=S) groups is 1. The summed E-state index contributed by atoms with van der Waals surface area (Å²) in [6.45, 7) is 3.05. The summed E-state index contributed by atoms with van der Waals surface area (Å²) >= 11 is 6.86. The SMILES string of the molecule is O=C(C=Cc1cccs1)NC(=S)NC1CCN(Cc2ccccc2)CC1. The summed E-state index contributed by atoms with van der Waals surface area (Å²) in [6.07, 6.45) is 5.36. The van der Waals surface area contributed by atoms with Gasteiger partial charge in [0.25, 0.3) is 0 Å². The molecule has 2 aromatic rings. The second kappa shape index (κ2) is 9.62. The van der Waals surface area contributed by atoms with Crippen molar-refractivity contribution in [3.8, 4) is 0 Å². The van der Waals surface area contributed by atoms with Gasteiger partial charge in [0.15, 0.2) is 5.11 Å². The fourth-order valence-corrected chi connectivity index (χ4v) is 3.88. The van der Waals surface area contributed by atoms with Crippen LogP contribution < -0.4 is 10.6 Å². The van der Waals surface area contributed by atoms with E-state index in [0.29, 0.717) is 11.2 Å². The Morgan fingerprint density at radius 3 is 2.65 bits per heavy atom. The molecule has 0 aliphatic carbocycles. The molecule has 0 bridgehead atoms. The summed E-state index contributed by atoms with van der Waals surface area (Å²) in [6, 6.07) is 14.8. The molecule has 6 heteroatoms. The van der Waals surface area contributed by atoms with Gasteiger partial charge in [-0.15, -0.1) is 11.3 Å². The maximum Gasteiger partial charge on any atom is 0.250 e. The molecular formula is C20H23N3OS2. The van der Waals surface area contributed by atoms with Crippen LogP contribution >= 0.6 is 23.6 Å². The predicted octanol–water partition coefficient (Wildman–Crippen LogP) is 3.42. The van der Waals surface area contributed by atoms with Crippen molar-refractivity contribution in [1.29, 1.82) is 0 Å². The number of rotatable bonds is 5. The number of amides is 1. The van der Waals surface area contributed by atoms with Gasteiger partial charge in [-0.3, -0.25) is 15.0 Å². The molecule has 0 spiro atoms. The minimum absolute atomic E-state index is 0.197. The Kier molecular flexibility index (Phi) is 6.94. The largest absolute Gasteiger partial charge is 0.360 e. The zero-order chi connectivity index (χ0) is 18.2. The van der Waals surface area contributed by atoms with Gasteiger partial charge in [0.05, 0.1) is 0 Å². The number of hydrogen-bond acceptors (Lipinski definition) is 4. The average Bonchev–Trinajstić information content (AvgIpc) is 3.16. The number of likely N-dealkylation sites (tertiary alicyclic amines) is 1. The van der Waals surface area contributed by atoms with Crippen molar-refractivity contribution in [3.05, 3.63) is 64.4 Å². The van der Waals surface area contributed by atoms with Crippen molar-refractivity contribution < 1.29 is 4.79 Å². The highest BCUT2D eigenvalue weighted by atomic mass is 32.1. The van der Waals surface area contributed by atoms with Gasteiger partial charge in [0.2, 0.25) is 5.91 Å². The van der Waals surface area contributed by atoms with Gasteiger partial charge in [0, 0.05) is 36.6 Å². The summed E-state index contributed by atoms with van der Waals surface area (Å²) in [7, 11) is 0. The van der Waals surface area contributed by atoms with Crippen LogP contribution in [0.15, 0.2) is 53.9 Å². The van der Waals surface area contributed by atoms with Gasteiger partial charge >= 0.3 is 0 Å². The van der Waals surface area contributed by atoms with Gasteiger partial charge in [-0.2, -0.15) is 0 Å². The van der Waals surface area contributed by atoms with Gasteiger partial charge in [-0.1, -0.05) is 36.4 Å². The quantitative estimate of drug-likeness (QED) is 0.611. The van der Waals surface area contributed by atoms with E-state index in [1.54, 1.807) is 17.4 Å². The summed E-state index contributed by atoms with van der Waals surface area (Å²) in [5.74, 6) is -0.197. The number of nitrogens with one attached hydrogen (secondary N) is 2. The van der Waals surface area contributed by atoms with Crippen LogP contribution in [0.2, 0.25) is 0 Å². The number of thiophene rings is 1. The zero-order valence-corrected chi connectivity index (χ0v) is 16.2. The van der Waals surface area contributed by atoms with Crippen LogP contribution in [0.4, 0.5) is 0 Å². The van der Waals surface area contributed by atoms with E-state index >= 15 is 0 Å². The predicted molar refractivity (Wildman–Crippen MR) is 112 cm³/mol. The number of benzene rings is 1. The molecule has 0 saturated carbocycles. The smallest absolute Gasteiger partial charge is 0.250 e. The molecule has 1 aliphatic rings. The monoisotopic (exact) mass is 385 g/mol. The molecule has 1 aromatic carbocycles. The third-order valence-corrected chi connectivity index (χ3v) is 5.41. The van der Waals surface area contributed by atoms with Crippen LogP contribution in [0.5, 0.6) is 0 Å². The first-order valence-corrected chi connectivity index (χ1v) is 10.1. The van der Waals surface area contributed by atoms with Crippen molar-refractivity contribution in [2.45, 2.75) is 25.4 Å². The highest BCUT2D eigenvalue weighted by molar-refractivity contribution is 7.80. The highest BCUT2D eigenvalue weighted by Crippen LogP contribution is 2.14. The van der Waals surface area contributed by atoms with Gasteiger partial charge < -0.3 is 5.32 Å². The number of nitrogens with zero attached hydrogens (tertiary/aromatic N) is 1. The van der Waals surface area contributed by atoms with E-state index in [2.05, 4.69) is 39.8 Å². The van der Waals surface area contributed by atoms with Crippen LogP contribution in [0, 0.1) is 0 Å². The third kappa shape index (κ3) is 6.05. The number of carbonyl (C=O) groups is 1. The molecule has 1 fully saturated rings. The van der Waals surface area contributed by atoms with Crippen molar-refractivity contribution in [2.24, 2.45) is 0 Å². The Bertz CT molecular complexity index is 736. The van der Waals surface area contributed by atoms with Gasteiger partial charge in [0.1, 0.15) is 0 Å². The Balaban J connectivity index is 1.37. The standard InChI is InChI=1S/C20H23N3OS2/c24-19(9-8-18-7-4-14-26-18)22-20(25)21-17-10-12-23(13-11-17)15-16-5-2-1-3-6-16/h1-9,14,17H,10-13,15H2,(H2,21,22,24,25). The molecule has 0 atom stereocenters. The van der Waals surface area contributed by atoms with Gasteiger partial charge in [-0.05, 0) is 48.1 Å². The lowest BCUT2D eigenvalue weighted by atomic mass is 10.0. The summed E-state index contributed by atoms with van der Waals surface area (Å²) in [4.78, 5) is 15.4. The fraction of sp³-hybridized carbons (Fsp3) is 0.300. The number of carbonyl (C=O) groups excluding carboxylic acids is 1. The van der Waals surface area contributed by atoms with Crippen LogP contribution in [-0.2, 0) is 11.3 Å². The van der Waals surface area contributed by atoms with Crippen molar-refractivity contribution >= 4 is 40.7 Å². The lowest BCUT2D eigenvalue weighted by molar-refractivity contribution is -0.115. The van der Waals surface area contributed by atoms with E-state index in [9.17, 15) is 4.79 Å². The highest BCUT2D eigenvalue weighted by Gasteiger charge is 2.20. The van der Waals surface area contributed by atoms with Crippen LogP contribution in [-0.4, -0.2) is 35.1 Å². The average molecular weight is 386 g/mol. The minimum Gasteiger partial charge on any atom is -0.360 e. The molecule has 0 unspecified atom stereocenters. The molecule has 3 rings (SSSR count). The Morgan fingerprint density at radius 1 is 1.19 bits per heavy atom. The van der Waals surface area contributed by atoms with E-state index in [1.807, 2.05) is 23.6 Å². The second-order valence-electron chi connectivity index (χ2n) is 6.35. The van der Waals surface area contributed by atoms with Crippen molar-refractivity contribution in [2.75, 3.05) is 13.1 Å². The van der Waals surface area contributed by atoms with E-state index < -0.39 is 0 Å². The number of piperidine rings is 1. The summed E-state index contributed by atoms with van der Waals surface area (Å²) in [5, 5.41) is 8.38. The first kappa shape index (κ1) is 18.8. The molecule has 26 heavy (non-hydrogen) atoms. The molecule has 1 aliphatic heterocycles. The number of hydrogen-bond donors (Lipinski definition) is 2. The minimum atomic E-state index is -0.197. The molecule has 2 heterocycles. The molecule has 2 N–H and O–H groups in total. The Labute approximate surface area is 163 Å². The van der Waals surface area contributed by atoms with Crippen molar-refractivity contribution in [1.82, 2.24) is 15.5 Å². The molecule has 1 amide bonds. The van der Waals surface area contributed by atoms with Crippen LogP contribution in [0.3, 0.4) is 0 Å². The Morgan fingerprint density at radius 2 is 1.96 bits per heavy atom. The van der Waals surface area contributed by atoms with Gasteiger partial charge in [-0.25, -0.2) is 0 Å². The first-order valence-electron chi connectivity index (χ1n) is 8.78. The second-order valence-corrected chi connectivity index (χ2v) is 7.74. The zero-order valence-electron chi connectivity index (χ0n) is 14.6. The molecule has 4 nitrogen and oxygen atoms in total. The van der Waals surface area contributed by atoms with E-state index in [1.165, 1.54) is 11.6 Å². The molecule has 0 radical (unpaired) electrons. The maximum absolute atomic E-state index is 11.9. The molecule has 1 aromatic heterocycles. The lowest BCUT2D eigenvalue weighted by Gasteiger charge is -2.32. The summed E-state index contributed by atoms with van der Waals surface area (Å²) < 4.78 is 0.